The van der Waals surface area contributed by atoms with Crippen molar-refractivity contribution < 1.29 is 12.9 Å². The summed E-state index contributed by atoms with van der Waals surface area (Å²) in [5.74, 6) is 0. The number of nitrogens with zero attached hydrogens (tertiary/aromatic N) is 2. The zero-order chi connectivity index (χ0) is 13.9. The number of piperazine rings is 1. The van der Waals surface area contributed by atoms with Gasteiger partial charge in [0.15, 0.2) is 0 Å². The highest BCUT2D eigenvalue weighted by Crippen LogP contribution is 2.21. The predicted molar refractivity (Wildman–Crippen MR) is 73.3 cm³/mol. The summed E-state index contributed by atoms with van der Waals surface area (Å²) < 4.78 is 37.4. The minimum absolute atomic E-state index is 0.0634. The maximum atomic E-state index is 12.5. The number of hydrogen-bond donors (Lipinski definition) is 0. The fraction of sp³-hybridized carbons (Fsp3) is 0.385. The van der Waals surface area contributed by atoms with E-state index in [4.69, 9.17) is 0 Å². The van der Waals surface area contributed by atoms with Crippen LogP contribution in [0.5, 0.6) is 0 Å². The lowest BCUT2D eigenvalue weighted by atomic mass is 9.80. The minimum Gasteiger partial charge on any atom is -0.445 e. The second-order valence-corrected chi connectivity index (χ2v) is 4.83. The molecule has 0 atom stereocenters. The van der Waals surface area contributed by atoms with E-state index >= 15 is 0 Å². The number of hydrogen-bond acceptors (Lipinski definition) is 2. The predicted octanol–water partition coefficient (Wildman–Crippen LogP) is 2.75. The van der Waals surface area contributed by atoms with Gasteiger partial charge < -0.3 is 17.8 Å². The Morgan fingerprint density at radius 3 is 2.16 bits per heavy atom. The van der Waals surface area contributed by atoms with Crippen LogP contribution < -0.4 is 4.90 Å². The summed E-state index contributed by atoms with van der Waals surface area (Å²) in [6, 6.07) is 9.93. The Morgan fingerprint density at radius 2 is 1.63 bits per heavy atom. The molecule has 19 heavy (non-hydrogen) atoms. The van der Waals surface area contributed by atoms with Crippen LogP contribution >= 0.6 is 0 Å². The van der Waals surface area contributed by atoms with Gasteiger partial charge in [0.1, 0.15) is 0 Å². The van der Waals surface area contributed by atoms with Gasteiger partial charge in [0.05, 0.1) is 0 Å². The molecular weight excluding hydrogens is 252 g/mol. The molecule has 1 aliphatic heterocycles. The van der Waals surface area contributed by atoms with E-state index in [9.17, 15) is 12.9 Å². The van der Waals surface area contributed by atoms with Crippen molar-refractivity contribution in [2.45, 2.75) is 0 Å². The van der Waals surface area contributed by atoms with Crippen molar-refractivity contribution in [2.75, 3.05) is 37.6 Å². The molecule has 0 radical (unpaired) electrons. The van der Waals surface area contributed by atoms with Crippen molar-refractivity contribution in [1.29, 1.82) is 0 Å². The third-order valence-electron chi connectivity index (χ3n) is 3.38. The highest BCUT2D eigenvalue weighted by molar-refractivity contribution is 6.66. The van der Waals surface area contributed by atoms with Crippen LogP contribution in [0.2, 0.25) is 0 Å². The van der Waals surface area contributed by atoms with Crippen LogP contribution in [0.15, 0.2) is 42.4 Å². The molecule has 0 amide bonds. The molecule has 2 nitrogen and oxygen atoms in total. The Labute approximate surface area is 111 Å². The van der Waals surface area contributed by atoms with Crippen molar-refractivity contribution in [3.05, 3.63) is 42.4 Å². The summed E-state index contributed by atoms with van der Waals surface area (Å²) in [6.45, 7) is 0.955. The molecule has 104 valence electrons. The topological polar surface area (TPSA) is 6.48 Å². The Bertz CT molecular complexity index is 425. The smallest absolute Gasteiger partial charge is 0.445 e. The van der Waals surface area contributed by atoms with Crippen LogP contribution in [0.3, 0.4) is 0 Å². The van der Waals surface area contributed by atoms with Crippen LogP contribution in [-0.4, -0.2) is 44.6 Å². The molecule has 0 aliphatic carbocycles. The fourth-order valence-corrected chi connectivity index (χ4v) is 2.19. The lowest BCUT2D eigenvalue weighted by Gasteiger charge is -2.37. The molecule has 1 aliphatic rings. The molecule has 0 N–H and O–H groups in total. The normalized spacial score (nSPS) is 17.5. The van der Waals surface area contributed by atoms with E-state index in [0.717, 1.165) is 18.8 Å². The van der Waals surface area contributed by atoms with E-state index in [0.29, 0.717) is 13.1 Å². The second kappa shape index (κ2) is 5.69. The summed E-state index contributed by atoms with van der Waals surface area (Å²) in [7, 11) is 0. The quantitative estimate of drug-likeness (QED) is 0.775. The van der Waals surface area contributed by atoms with Crippen molar-refractivity contribution in [1.82, 2.24) is 4.90 Å². The van der Waals surface area contributed by atoms with Crippen LogP contribution in [0.1, 0.15) is 0 Å². The summed E-state index contributed by atoms with van der Waals surface area (Å²) in [5.41, 5.74) is 0.522. The second-order valence-electron chi connectivity index (χ2n) is 4.83. The molecule has 0 unspecified atom stereocenters. The van der Waals surface area contributed by atoms with Gasteiger partial charge in [-0.25, -0.2) is 0 Å². The maximum Gasteiger partial charge on any atom is 0.506 e. The van der Waals surface area contributed by atoms with Gasteiger partial charge in [-0.3, -0.25) is 4.90 Å². The number of anilines is 1. The summed E-state index contributed by atoms with van der Waals surface area (Å²) in [6.07, 6.45) is 0. The lowest BCUT2D eigenvalue weighted by Crippen LogP contribution is -2.48. The zero-order valence-electron chi connectivity index (χ0n) is 10.7. The van der Waals surface area contributed by atoms with Crippen molar-refractivity contribution in [3.8, 4) is 0 Å². The van der Waals surface area contributed by atoms with Gasteiger partial charge in [0, 0.05) is 31.9 Å². The summed E-state index contributed by atoms with van der Waals surface area (Å²) in [4.78, 5) is 4.01. The van der Waals surface area contributed by atoms with E-state index in [1.807, 2.05) is 35.2 Å². The summed E-state index contributed by atoms with van der Waals surface area (Å²) >= 11 is 0. The number of para-hydroxylation sites is 1. The number of rotatable bonds is 4. The molecule has 1 aromatic rings. The number of benzene rings is 1. The monoisotopic (exact) mass is 269 g/mol. The largest absolute Gasteiger partial charge is 0.506 e. The van der Waals surface area contributed by atoms with E-state index in [2.05, 4.69) is 11.5 Å². The van der Waals surface area contributed by atoms with Crippen molar-refractivity contribution in [2.24, 2.45) is 0 Å². The fourth-order valence-electron chi connectivity index (χ4n) is 2.19. The van der Waals surface area contributed by atoms with Gasteiger partial charge in [-0.1, -0.05) is 18.2 Å². The highest BCUT2D eigenvalue weighted by atomic mass is 19.4. The number of halogens is 3. The molecule has 1 aromatic carbocycles. The zero-order valence-corrected chi connectivity index (χ0v) is 10.7. The molecule has 0 spiro atoms. The first-order valence-electron chi connectivity index (χ1n) is 6.37. The van der Waals surface area contributed by atoms with Gasteiger partial charge in [-0.05, 0) is 18.7 Å². The maximum absolute atomic E-state index is 12.5. The van der Waals surface area contributed by atoms with Gasteiger partial charge >= 0.3 is 6.98 Å². The third-order valence-corrected chi connectivity index (χ3v) is 3.38. The molecule has 2 rings (SSSR count). The van der Waals surface area contributed by atoms with Crippen LogP contribution in [-0.2, 0) is 0 Å². The molecule has 1 heterocycles. The van der Waals surface area contributed by atoms with Gasteiger partial charge in [-0.15, -0.1) is 12.1 Å². The van der Waals surface area contributed by atoms with Crippen LogP contribution in [0.4, 0.5) is 18.6 Å². The standard InChI is InChI=1S/C13H17BF3N2/c1-12(14(15,16)17)11-18-7-9-19(10-8-18)13-5-3-2-4-6-13/h2-6H,1,7-11H2/q-1. The average molecular weight is 269 g/mol. The first-order chi connectivity index (χ1) is 8.97. The van der Waals surface area contributed by atoms with Crippen LogP contribution in [0, 0.1) is 0 Å². The van der Waals surface area contributed by atoms with E-state index in [1.165, 1.54) is 0 Å². The van der Waals surface area contributed by atoms with E-state index in [1.54, 1.807) is 0 Å². The Hall–Kier alpha value is -1.43. The van der Waals surface area contributed by atoms with Gasteiger partial charge in [0.2, 0.25) is 0 Å². The molecule has 0 aromatic heterocycles. The van der Waals surface area contributed by atoms with Crippen LogP contribution in [0.25, 0.3) is 0 Å². The van der Waals surface area contributed by atoms with E-state index < -0.39 is 12.4 Å². The van der Waals surface area contributed by atoms with Gasteiger partial charge in [0.25, 0.3) is 0 Å². The Balaban J connectivity index is 1.85. The molecular formula is C13H17BF3N2-. The van der Waals surface area contributed by atoms with Crippen molar-refractivity contribution in [3.63, 3.8) is 0 Å². The van der Waals surface area contributed by atoms with Gasteiger partial charge in [-0.2, -0.15) is 0 Å². The molecule has 6 heteroatoms. The highest BCUT2D eigenvalue weighted by Gasteiger charge is 2.28. The Kier molecular flexibility index (Phi) is 4.19. The van der Waals surface area contributed by atoms with E-state index in [-0.39, 0.29) is 6.54 Å². The first-order valence-corrected chi connectivity index (χ1v) is 6.37. The Morgan fingerprint density at radius 1 is 1.05 bits per heavy atom. The SMILES string of the molecule is C=C(CN1CCN(c2ccccc2)CC1)[B-](F)(F)F. The molecule has 0 bridgehead atoms. The average Bonchev–Trinajstić information content (AvgIpc) is 2.39. The molecule has 1 fully saturated rings. The third kappa shape index (κ3) is 3.77. The molecule has 1 saturated heterocycles. The lowest BCUT2D eigenvalue weighted by molar-refractivity contribution is 0.277. The molecule has 0 saturated carbocycles. The van der Waals surface area contributed by atoms with Crippen molar-refractivity contribution >= 4 is 12.7 Å². The summed E-state index contributed by atoms with van der Waals surface area (Å²) in [5, 5.41) is 0. The minimum atomic E-state index is -4.91. The first kappa shape index (κ1) is 14.0.